The van der Waals surface area contributed by atoms with Gasteiger partial charge in [0.25, 0.3) is 5.91 Å². The summed E-state index contributed by atoms with van der Waals surface area (Å²) in [5, 5.41) is 0. The minimum atomic E-state index is -4.55. The molecule has 228 valence electrons. The number of aryl methyl sites for hydroxylation is 1. The standard InChI is InChI=1S/C33H37F3N4O3/c1-23-5-6-24(19-31(23)43-28-9-12-40(13-10-28)32(42)26-4-3-11-37-21-26)18-30(41)25-7-8-27(29(20-25)33(34,35)36)22-39-16-14-38(2)15-17-39/h3-8,11,19-21,28H,9-10,12-18,22H2,1-2H3. The Morgan fingerprint density at radius 3 is 2.37 bits per heavy atom. The number of amides is 1. The fourth-order valence-electron chi connectivity index (χ4n) is 5.60. The fourth-order valence-corrected chi connectivity index (χ4v) is 5.60. The third-order valence-electron chi connectivity index (χ3n) is 8.28. The Morgan fingerprint density at radius 2 is 1.70 bits per heavy atom. The van der Waals surface area contributed by atoms with Gasteiger partial charge in [-0.05, 0) is 54.9 Å². The minimum absolute atomic E-state index is 0.0379. The Bertz CT molecular complexity index is 1430. The molecule has 2 aromatic carbocycles. The molecule has 5 rings (SSSR count). The van der Waals surface area contributed by atoms with E-state index in [1.807, 2.05) is 31.0 Å². The van der Waals surface area contributed by atoms with E-state index in [4.69, 9.17) is 4.74 Å². The van der Waals surface area contributed by atoms with Crippen molar-refractivity contribution < 1.29 is 27.5 Å². The van der Waals surface area contributed by atoms with Gasteiger partial charge in [0.05, 0.1) is 11.1 Å². The van der Waals surface area contributed by atoms with Crippen molar-refractivity contribution in [3.8, 4) is 5.75 Å². The molecule has 7 nitrogen and oxygen atoms in total. The van der Waals surface area contributed by atoms with Crippen LogP contribution in [0, 0.1) is 6.92 Å². The highest BCUT2D eigenvalue weighted by molar-refractivity contribution is 5.98. The maximum absolute atomic E-state index is 14.0. The molecule has 1 aromatic heterocycles. The molecule has 0 spiro atoms. The molecule has 0 atom stereocenters. The lowest BCUT2D eigenvalue weighted by molar-refractivity contribution is -0.138. The maximum atomic E-state index is 14.0. The molecule has 0 unspecified atom stereocenters. The number of alkyl halides is 3. The van der Waals surface area contributed by atoms with E-state index >= 15 is 0 Å². The molecule has 0 aliphatic carbocycles. The molecular formula is C33H37F3N4O3. The topological polar surface area (TPSA) is 66.0 Å². The minimum Gasteiger partial charge on any atom is -0.490 e. The molecular weight excluding hydrogens is 557 g/mol. The van der Waals surface area contributed by atoms with Crippen LogP contribution in [-0.2, 0) is 19.1 Å². The molecule has 3 aromatic rings. The van der Waals surface area contributed by atoms with E-state index in [1.165, 1.54) is 12.1 Å². The van der Waals surface area contributed by atoms with E-state index in [-0.39, 0.29) is 41.9 Å². The Kier molecular flexibility index (Phi) is 9.46. The maximum Gasteiger partial charge on any atom is 0.416 e. The molecule has 0 N–H and O–H groups in total. The highest BCUT2D eigenvalue weighted by atomic mass is 19.4. The van der Waals surface area contributed by atoms with Crippen molar-refractivity contribution in [2.24, 2.45) is 0 Å². The van der Waals surface area contributed by atoms with Gasteiger partial charge in [0.15, 0.2) is 5.78 Å². The molecule has 2 aliphatic heterocycles. The largest absolute Gasteiger partial charge is 0.490 e. The number of rotatable bonds is 8. The van der Waals surface area contributed by atoms with Gasteiger partial charge >= 0.3 is 6.18 Å². The van der Waals surface area contributed by atoms with E-state index in [2.05, 4.69) is 9.88 Å². The number of Topliss-reactive ketones (excluding diaryl/α,β-unsaturated/α-hetero) is 1. The third-order valence-corrected chi connectivity index (χ3v) is 8.28. The first-order chi connectivity index (χ1) is 20.6. The van der Waals surface area contributed by atoms with E-state index in [9.17, 15) is 22.8 Å². The molecule has 2 saturated heterocycles. The zero-order valence-corrected chi connectivity index (χ0v) is 24.6. The van der Waals surface area contributed by atoms with E-state index < -0.39 is 11.7 Å². The number of carbonyl (C=O) groups excluding carboxylic acids is 2. The van der Waals surface area contributed by atoms with Crippen LogP contribution in [0.1, 0.15) is 55.8 Å². The van der Waals surface area contributed by atoms with Crippen LogP contribution in [0.15, 0.2) is 60.9 Å². The number of halogens is 3. The van der Waals surface area contributed by atoms with Gasteiger partial charge in [-0.3, -0.25) is 19.5 Å². The Hall–Kier alpha value is -3.76. The first-order valence-corrected chi connectivity index (χ1v) is 14.7. The summed E-state index contributed by atoms with van der Waals surface area (Å²) in [6.45, 7) is 6.26. The highest BCUT2D eigenvalue weighted by Crippen LogP contribution is 2.34. The van der Waals surface area contributed by atoms with Gasteiger partial charge in [-0.25, -0.2) is 0 Å². The highest BCUT2D eigenvalue weighted by Gasteiger charge is 2.34. The lowest BCUT2D eigenvalue weighted by Gasteiger charge is -2.33. The summed E-state index contributed by atoms with van der Waals surface area (Å²) in [7, 11) is 2.00. The SMILES string of the molecule is Cc1ccc(CC(=O)c2ccc(CN3CCN(C)CC3)c(C(F)(F)F)c2)cc1OC1CCN(C(=O)c2cccnc2)CC1. The zero-order chi connectivity index (χ0) is 30.6. The summed E-state index contributed by atoms with van der Waals surface area (Å²) in [6, 6.07) is 12.9. The molecule has 1 amide bonds. The molecule has 10 heteroatoms. The number of likely N-dealkylation sites (N-methyl/N-ethyl adjacent to an activating group) is 1. The summed E-state index contributed by atoms with van der Waals surface area (Å²) in [5.74, 6) is 0.207. The van der Waals surface area contributed by atoms with Crippen LogP contribution in [0.4, 0.5) is 13.2 Å². The van der Waals surface area contributed by atoms with Crippen molar-refractivity contribution >= 4 is 11.7 Å². The Morgan fingerprint density at radius 1 is 0.953 bits per heavy atom. The quantitative estimate of drug-likeness (QED) is 0.332. The summed E-state index contributed by atoms with van der Waals surface area (Å²) in [4.78, 5) is 35.9. The Labute approximate surface area is 250 Å². The normalized spacial score (nSPS) is 17.2. The molecule has 0 radical (unpaired) electrons. The number of likely N-dealkylation sites (tertiary alicyclic amines) is 1. The summed E-state index contributed by atoms with van der Waals surface area (Å²) >= 11 is 0. The van der Waals surface area contributed by atoms with Gasteiger partial charge in [-0.2, -0.15) is 13.2 Å². The number of piperidine rings is 1. The van der Waals surface area contributed by atoms with E-state index in [0.717, 1.165) is 24.7 Å². The van der Waals surface area contributed by atoms with E-state index in [1.54, 1.807) is 35.5 Å². The monoisotopic (exact) mass is 594 g/mol. The second-order valence-corrected chi connectivity index (χ2v) is 11.5. The number of pyridine rings is 1. The van der Waals surface area contributed by atoms with Crippen LogP contribution in [0.25, 0.3) is 0 Å². The van der Waals surface area contributed by atoms with Crippen molar-refractivity contribution in [2.45, 2.75) is 45.0 Å². The number of hydrogen-bond acceptors (Lipinski definition) is 6. The first kappa shape index (κ1) is 30.7. The summed E-state index contributed by atoms with van der Waals surface area (Å²) < 4.78 is 48.4. The number of ketones is 1. The van der Waals surface area contributed by atoms with Crippen molar-refractivity contribution in [1.29, 1.82) is 0 Å². The summed E-state index contributed by atoms with van der Waals surface area (Å²) in [5.41, 5.74) is 1.61. The van der Waals surface area contributed by atoms with Crippen LogP contribution in [-0.4, -0.2) is 83.8 Å². The molecule has 2 fully saturated rings. The van der Waals surface area contributed by atoms with Crippen LogP contribution < -0.4 is 4.74 Å². The molecule has 3 heterocycles. The zero-order valence-electron chi connectivity index (χ0n) is 24.6. The number of hydrogen-bond donors (Lipinski definition) is 0. The average Bonchev–Trinajstić information content (AvgIpc) is 3.00. The number of carbonyl (C=O) groups is 2. The predicted octanol–water partition coefficient (Wildman–Crippen LogP) is 5.27. The second-order valence-electron chi connectivity index (χ2n) is 11.5. The van der Waals surface area contributed by atoms with Crippen molar-refractivity contribution in [3.63, 3.8) is 0 Å². The number of benzene rings is 2. The van der Waals surface area contributed by atoms with Gasteiger partial charge in [0, 0.05) is 83.0 Å². The number of ether oxygens (including phenoxy) is 1. The predicted molar refractivity (Wildman–Crippen MR) is 157 cm³/mol. The lowest BCUT2D eigenvalue weighted by Crippen LogP contribution is -2.44. The van der Waals surface area contributed by atoms with Crippen molar-refractivity contribution in [2.75, 3.05) is 46.3 Å². The first-order valence-electron chi connectivity index (χ1n) is 14.7. The summed E-state index contributed by atoms with van der Waals surface area (Å²) in [6.07, 6.45) is -0.166. The number of piperazine rings is 1. The van der Waals surface area contributed by atoms with Crippen LogP contribution in [0.3, 0.4) is 0 Å². The van der Waals surface area contributed by atoms with Crippen LogP contribution >= 0.6 is 0 Å². The van der Waals surface area contributed by atoms with Gasteiger partial charge in [0.2, 0.25) is 0 Å². The smallest absolute Gasteiger partial charge is 0.416 e. The van der Waals surface area contributed by atoms with Crippen molar-refractivity contribution in [1.82, 2.24) is 19.7 Å². The van der Waals surface area contributed by atoms with Gasteiger partial charge in [-0.15, -0.1) is 0 Å². The van der Waals surface area contributed by atoms with Gasteiger partial charge in [0.1, 0.15) is 11.9 Å². The molecule has 0 bridgehead atoms. The fraction of sp³-hybridized carbons (Fsp3) is 0.424. The van der Waals surface area contributed by atoms with Crippen LogP contribution in [0.2, 0.25) is 0 Å². The van der Waals surface area contributed by atoms with Gasteiger partial charge in [-0.1, -0.05) is 24.3 Å². The second kappa shape index (κ2) is 13.3. The third kappa shape index (κ3) is 7.80. The van der Waals surface area contributed by atoms with Crippen molar-refractivity contribution in [3.05, 3.63) is 94.3 Å². The number of aromatic nitrogens is 1. The van der Waals surface area contributed by atoms with Gasteiger partial charge < -0.3 is 14.5 Å². The molecule has 43 heavy (non-hydrogen) atoms. The lowest BCUT2D eigenvalue weighted by atomic mass is 9.97. The van der Waals surface area contributed by atoms with E-state index in [0.29, 0.717) is 55.9 Å². The number of nitrogens with zero attached hydrogens (tertiary/aromatic N) is 4. The molecule has 0 saturated carbocycles. The average molecular weight is 595 g/mol. The van der Waals surface area contributed by atoms with Crippen LogP contribution in [0.5, 0.6) is 5.75 Å². The Balaban J connectivity index is 1.22. The molecule has 2 aliphatic rings.